The quantitative estimate of drug-likeness (QED) is 0.838. The van der Waals surface area contributed by atoms with Crippen molar-refractivity contribution in [3.05, 3.63) is 0 Å². The Morgan fingerprint density at radius 2 is 1.62 bits per heavy atom. The molecule has 1 aliphatic carbocycles. The summed E-state index contributed by atoms with van der Waals surface area (Å²) in [6.07, 6.45) is 5.00. The molecular formula is C16H30N2O3. The largest absolute Gasteiger partial charge is 0.444 e. The molecule has 1 aliphatic rings. The summed E-state index contributed by atoms with van der Waals surface area (Å²) in [6, 6.07) is 0. The van der Waals surface area contributed by atoms with E-state index in [-0.39, 0.29) is 11.8 Å². The second kappa shape index (κ2) is 7.14. The van der Waals surface area contributed by atoms with Gasteiger partial charge in [0.2, 0.25) is 5.91 Å². The van der Waals surface area contributed by atoms with Crippen LogP contribution in [-0.4, -0.2) is 29.7 Å². The van der Waals surface area contributed by atoms with Crippen LogP contribution >= 0.6 is 0 Å². The summed E-state index contributed by atoms with van der Waals surface area (Å²) in [4.78, 5) is 23.9. The van der Waals surface area contributed by atoms with E-state index in [0.717, 1.165) is 25.7 Å². The van der Waals surface area contributed by atoms with Gasteiger partial charge in [-0.1, -0.05) is 19.3 Å². The van der Waals surface area contributed by atoms with Gasteiger partial charge in [0.25, 0.3) is 0 Å². The van der Waals surface area contributed by atoms with Crippen LogP contribution in [-0.2, 0) is 9.53 Å². The van der Waals surface area contributed by atoms with E-state index in [1.807, 2.05) is 34.6 Å². The van der Waals surface area contributed by atoms with Gasteiger partial charge in [-0.05, 0) is 47.5 Å². The molecule has 0 saturated heterocycles. The molecule has 0 bridgehead atoms. The predicted octanol–water partition coefficient (Wildman–Crippen LogP) is 2.99. The maximum absolute atomic E-state index is 12.1. The zero-order valence-corrected chi connectivity index (χ0v) is 14.0. The zero-order valence-electron chi connectivity index (χ0n) is 14.0. The van der Waals surface area contributed by atoms with E-state index < -0.39 is 17.2 Å². The van der Waals surface area contributed by atoms with E-state index in [1.54, 1.807) is 0 Å². The van der Waals surface area contributed by atoms with Crippen LogP contribution in [0.2, 0.25) is 0 Å². The molecule has 5 nitrogen and oxygen atoms in total. The van der Waals surface area contributed by atoms with Crippen molar-refractivity contribution in [1.29, 1.82) is 0 Å². The van der Waals surface area contributed by atoms with Crippen LogP contribution in [0.3, 0.4) is 0 Å². The first-order chi connectivity index (χ1) is 9.59. The lowest BCUT2D eigenvalue weighted by atomic mass is 9.88. The Bertz CT molecular complexity index is 366. The lowest BCUT2D eigenvalue weighted by molar-refractivity contribution is -0.126. The highest BCUT2D eigenvalue weighted by atomic mass is 16.6. The first kappa shape index (κ1) is 17.8. The number of amides is 2. The number of rotatable bonds is 4. The number of nitrogens with one attached hydrogen (secondary N) is 2. The zero-order chi connectivity index (χ0) is 16.1. The van der Waals surface area contributed by atoms with Crippen molar-refractivity contribution in [2.45, 2.75) is 77.9 Å². The lowest BCUT2D eigenvalue weighted by Gasteiger charge is -2.30. The Kier molecular flexibility index (Phi) is 6.05. The Morgan fingerprint density at radius 3 is 2.14 bits per heavy atom. The molecule has 0 aromatic carbocycles. The third kappa shape index (κ3) is 7.34. The van der Waals surface area contributed by atoms with Gasteiger partial charge in [-0.25, -0.2) is 4.79 Å². The summed E-state index contributed by atoms with van der Waals surface area (Å²) in [5.74, 6) is 0.241. The van der Waals surface area contributed by atoms with Crippen molar-refractivity contribution in [1.82, 2.24) is 10.6 Å². The van der Waals surface area contributed by atoms with Crippen LogP contribution < -0.4 is 10.6 Å². The minimum atomic E-state index is -0.535. The lowest BCUT2D eigenvalue weighted by Crippen LogP contribution is -2.53. The Labute approximate surface area is 128 Å². The number of carbonyl (C=O) groups is 2. The SMILES string of the molecule is CC(C)(CNC(=O)C1CCCCC1)NC(=O)OC(C)(C)C. The van der Waals surface area contributed by atoms with Gasteiger partial charge >= 0.3 is 6.09 Å². The molecule has 1 fully saturated rings. The van der Waals surface area contributed by atoms with Gasteiger partial charge in [-0.2, -0.15) is 0 Å². The normalized spacial score (nSPS) is 17.2. The monoisotopic (exact) mass is 298 g/mol. The molecule has 0 atom stereocenters. The fourth-order valence-corrected chi connectivity index (χ4v) is 2.44. The van der Waals surface area contributed by atoms with Crippen molar-refractivity contribution in [3.8, 4) is 0 Å². The maximum Gasteiger partial charge on any atom is 0.408 e. The smallest absolute Gasteiger partial charge is 0.408 e. The molecule has 0 aromatic rings. The molecule has 122 valence electrons. The molecule has 5 heteroatoms. The molecule has 21 heavy (non-hydrogen) atoms. The number of hydrogen-bond acceptors (Lipinski definition) is 3. The molecule has 0 heterocycles. The minimum Gasteiger partial charge on any atom is -0.444 e. The van der Waals surface area contributed by atoms with Crippen LogP contribution in [0.1, 0.15) is 66.7 Å². The van der Waals surface area contributed by atoms with Gasteiger partial charge in [0.1, 0.15) is 5.60 Å². The maximum atomic E-state index is 12.1. The minimum absolute atomic E-state index is 0.105. The summed E-state index contributed by atoms with van der Waals surface area (Å²) in [6.45, 7) is 9.62. The fourth-order valence-electron chi connectivity index (χ4n) is 2.44. The second-order valence-electron chi connectivity index (χ2n) is 7.56. The Morgan fingerprint density at radius 1 is 1.05 bits per heavy atom. The molecule has 2 amide bonds. The van der Waals surface area contributed by atoms with E-state index in [1.165, 1.54) is 6.42 Å². The van der Waals surface area contributed by atoms with Gasteiger partial charge in [0.15, 0.2) is 0 Å². The van der Waals surface area contributed by atoms with E-state index in [0.29, 0.717) is 6.54 Å². The summed E-state index contributed by atoms with van der Waals surface area (Å²) in [5.41, 5.74) is -1.06. The van der Waals surface area contributed by atoms with Gasteiger partial charge in [0.05, 0.1) is 5.54 Å². The Hall–Kier alpha value is -1.26. The van der Waals surface area contributed by atoms with Gasteiger partial charge < -0.3 is 15.4 Å². The molecule has 0 aliphatic heterocycles. The van der Waals surface area contributed by atoms with Crippen molar-refractivity contribution in [2.24, 2.45) is 5.92 Å². The molecular weight excluding hydrogens is 268 g/mol. The van der Waals surface area contributed by atoms with Crippen LogP contribution in [0.5, 0.6) is 0 Å². The average molecular weight is 298 g/mol. The predicted molar refractivity (Wildman–Crippen MR) is 83.0 cm³/mol. The molecule has 1 rings (SSSR count). The standard InChI is InChI=1S/C16H30N2O3/c1-15(2,3)21-14(20)18-16(4,5)11-17-13(19)12-9-7-6-8-10-12/h12H,6-11H2,1-5H3,(H,17,19)(H,18,20). The van der Waals surface area contributed by atoms with Crippen LogP contribution in [0.4, 0.5) is 4.79 Å². The molecule has 2 N–H and O–H groups in total. The summed E-state index contributed by atoms with van der Waals surface area (Å²) in [7, 11) is 0. The van der Waals surface area contributed by atoms with Crippen molar-refractivity contribution in [3.63, 3.8) is 0 Å². The average Bonchev–Trinajstić information content (AvgIpc) is 2.34. The van der Waals surface area contributed by atoms with E-state index in [2.05, 4.69) is 10.6 Å². The molecule has 0 radical (unpaired) electrons. The molecule has 0 unspecified atom stereocenters. The van der Waals surface area contributed by atoms with E-state index in [9.17, 15) is 9.59 Å². The molecule has 0 aromatic heterocycles. The highest BCUT2D eigenvalue weighted by molar-refractivity contribution is 5.79. The summed E-state index contributed by atoms with van der Waals surface area (Å²) >= 11 is 0. The summed E-state index contributed by atoms with van der Waals surface area (Å²) in [5, 5.41) is 5.75. The fraction of sp³-hybridized carbons (Fsp3) is 0.875. The third-order valence-electron chi connectivity index (χ3n) is 3.52. The first-order valence-corrected chi connectivity index (χ1v) is 7.88. The highest BCUT2D eigenvalue weighted by Gasteiger charge is 2.27. The van der Waals surface area contributed by atoms with E-state index >= 15 is 0 Å². The number of ether oxygens (including phenoxy) is 1. The summed E-state index contributed by atoms with van der Waals surface area (Å²) < 4.78 is 5.23. The number of alkyl carbamates (subject to hydrolysis) is 1. The highest BCUT2D eigenvalue weighted by Crippen LogP contribution is 2.23. The van der Waals surface area contributed by atoms with Gasteiger partial charge in [-0.15, -0.1) is 0 Å². The molecule has 0 spiro atoms. The topological polar surface area (TPSA) is 67.4 Å². The third-order valence-corrected chi connectivity index (χ3v) is 3.52. The van der Waals surface area contributed by atoms with Crippen LogP contribution in [0.25, 0.3) is 0 Å². The second-order valence-corrected chi connectivity index (χ2v) is 7.56. The van der Waals surface area contributed by atoms with Crippen LogP contribution in [0, 0.1) is 5.92 Å². The van der Waals surface area contributed by atoms with Gasteiger partial charge in [-0.3, -0.25) is 4.79 Å². The van der Waals surface area contributed by atoms with Crippen molar-refractivity contribution < 1.29 is 14.3 Å². The van der Waals surface area contributed by atoms with Crippen molar-refractivity contribution in [2.75, 3.05) is 6.54 Å². The first-order valence-electron chi connectivity index (χ1n) is 7.88. The van der Waals surface area contributed by atoms with Gasteiger partial charge in [0, 0.05) is 12.5 Å². The number of carbonyl (C=O) groups excluding carboxylic acids is 2. The molecule has 1 saturated carbocycles. The van der Waals surface area contributed by atoms with Crippen LogP contribution in [0.15, 0.2) is 0 Å². The Balaban J connectivity index is 2.37. The number of hydrogen-bond donors (Lipinski definition) is 2. The van der Waals surface area contributed by atoms with E-state index in [4.69, 9.17) is 4.74 Å². The van der Waals surface area contributed by atoms with Crippen molar-refractivity contribution >= 4 is 12.0 Å².